The third-order valence-electron chi connectivity index (χ3n) is 4.82. The molecule has 32 heavy (non-hydrogen) atoms. The molecular formula is C23H22FN5OS2. The lowest BCUT2D eigenvalue weighted by atomic mass is 10.1. The molecule has 0 aliphatic heterocycles. The van der Waals surface area contributed by atoms with Gasteiger partial charge < -0.3 is 4.72 Å². The first kappa shape index (κ1) is 22.3. The van der Waals surface area contributed by atoms with E-state index in [0.717, 1.165) is 5.56 Å². The summed E-state index contributed by atoms with van der Waals surface area (Å²) in [6, 6.07) is 14.5. The highest BCUT2D eigenvalue weighted by molar-refractivity contribution is 7.99. The summed E-state index contributed by atoms with van der Waals surface area (Å²) in [5, 5.41) is 0.565. The highest BCUT2D eigenvalue weighted by Crippen LogP contribution is 2.26. The van der Waals surface area contributed by atoms with Gasteiger partial charge in [0.15, 0.2) is 10.8 Å². The summed E-state index contributed by atoms with van der Waals surface area (Å²) in [7, 11) is 0. The lowest BCUT2D eigenvalue weighted by Crippen LogP contribution is -2.26. The van der Waals surface area contributed by atoms with Crippen LogP contribution in [0, 0.1) is 5.82 Å². The molecule has 6 nitrogen and oxygen atoms in total. The number of fused-ring (bicyclic) bond motifs is 1. The molecule has 2 aromatic heterocycles. The number of anilines is 1. The van der Waals surface area contributed by atoms with Crippen molar-refractivity contribution in [2.24, 2.45) is 0 Å². The Morgan fingerprint density at radius 2 is 1.91 bits per heavy atom. The van der Waals surface area contributed by atoms with E-state index in [1.807, 2.05) is 50.4 Å². The predicted molar refractivity (Wildman–Crippen MR) is 131 cm³/mol. The Bertz CT molecular complexity index is 1310. The van der Waals surface area contributed by atoms with Gasteiger partial charge in [-0.15, -0.1) is 0 Å². The second-order valence-electron chi connectivity index (χ2n) is 7.37. The number of hydrogen-bond donors (Lipinski definition) is 1. The second-order valence-corrected chi connectivity index (χ2v) is 8.92. The predicted octanol–water partition coefficient (Wildman–Crippen LogP) is 5.56. The molecule has 0 atom stereocenters. The Morgan fingerprint density at radius 1 is 1.12 bits per heavy atom. The third-order valence-corrected chi connectivity index (χ3v) is 6.22. The second kappa shape index (κ2) is 9.70. The van der Waals surface area contributed by atoms with Gasteiger partial charge in [0.1, 0.15) is 17.0 Å². The van der Waals surface area contributed by atoms with Gasteiger partial charge in [-0.2, -0.15) is 0 Å². The molecule has 1 N–H and O–H groups in total. The van der Waals surface area contributed by atoms with Gasteiger partial charge in [-0.3, -0.25) is 9.36 Å². The zero-order chi connectivity index (χ0) is 22.7. The Hall–Kier alpha value is -2.91. The summed E-state index contributed by atoms with van der Waals surface area (Å²) in [5.41, 5.74) is 2.75. The molecule has 0 saturated carbocycles. The van der Waals surface area contributed by atoms with Crippen molar-refractivity contribution >= 4 is 40.6 Å². The van der Waals surface area contributed by atoms with Crippen molar-refractivity contribution < 1.29 is 4.39 Å². The summed E-state index contributed by atoms with van der Waals surface area (Å²) < 4.78 is 19.4. The van der Waals surface area contributed by atoms with Crippen molar-refractivity contribution in [2.75, 3.05) is 11.0 Å². The smallest absolute Gasteiger partial charge is 0.278 e. The first-order valence-corrected chi connectivity index (χ1v) is 12.2. The van der Waals surface area contributed by atoms with Crippen LogP contribution in [0.25, 0.3) is 22.4 Å². The molecule has 2 aromatic carbocycles. The van der Waals surface area contributed by atoms with Crippen molar-refractivity contribution in [3.8, 4) is 11.3 Å². The lowest BCUT2D eigenvalue weighted by Gasteiger charge is -2.15. The quantitative estimate of drug-likeness (QED) is 0.217. The Balaban J connectivity index is 1.66. The highest BCUT2D eigenvalue weighted by Gasteiger charge is 2.18. The molecule has 4 rings (SSSR count). The molecule has 9 heteroatoms. The first-order valence-electron chi connectivity index (χ1n) is 10.0. The van der Waals surface area contributed by atoms with E-state index in [1.165, 1.54) is 29.8 Å². The van der Waals surface area contributed by atoms with Crippen LogP contribution in [-0.2, 0) is 5.75 Å². The van der Waals surface area contributed by atoms with Crippen LogP contribution in [0.2, 0.25) is 0 Å². The van der Waals surface area contributed by atoms with E-state index in [9.17, 15) is 9.18 Å². The number of thioether (sulfide) groups is 1. The molecule has 0 amide bonds. The minimum Gasteiger partial charge on any atom is -0.327 e. The van der Waals surface area contributed by atoms with Gasteiger partial charge in [0.05, 0.1) is 11.9 Å². The molecule has 0 saturated heterocycles. The zero-order valence-corrected chi connectivity index (χ0v) is 19.5. The lowest BCUT2D eigenvalue weighted by molar-refractivity contribution is 0.590. The fourth-order valence-electron chi connectivity index (χ4n) is 3.27. The zero-order valence-electron chi connectivity index (χ0n) is 17.9. The SMILES string of the molecule is CSc1ncc2nc(-c3ccc(NSCc4ccccc4)c(F)c3)c(=O)n(C(C)C)c2n1. The minimum absolute atomic E-state index is 0.142. The third kappa shape index (κ3) is 4.63. The molecule has 0 unspecified atom stereocenters. The van der Waals surface area contributed by atoms with Crippen molar-refractivity contribution in [1.29, 1.82) is 0 Å². The molecule has 0 aliphatic rings. The topological polar surface area (TPSA) is 72.7 Å². The first-order chi connectivity index (χ1) is 15.5. The summed E-state index contributed by atoms with van der Waals surface area (Å²) in [6.07, 6.45) is 3.47. The van der Waals surface area contributed by atoms with Gasteiger partial charge in [0.2, 0.25) is 0 Å². The molecule has 2 heterocycles. The summed E-state index contributed by atoms with van der Waals surface area (Å²) >= 11 is 2.80. The Labute approximate surface area is 193 Å². The molecular weight excluding hydrogens is 445 g/mol. The van der Waals surface area contributed by atoms with Crippen LogP contribution in [0.5, 0.6) is 0 Å². The van der Waals surface area contributed by atoms with Crippen molar-refractivity contribution in [3.63, 3.8) is 0 Å². The molecule has 0 aliphatic carbocycles. The van der Waals surface area contributed by atoms with E-state index in [4.69, 9.17) is 0 Å². The summed E-state index contributed by atoms with van der Waals surface area (Å²) in [4.78, 5) is 26.5. The van der Waals surface area contributed by atoms with Crippen molar-refractivity contribution in [1.82, 2.24) is 19.5 Å². The number of nitrogens with zero attached hydrogens (tertiary/aromatic N) is 4. The van der Waals surface area contributed by atoms with Gasteiger partial charge in [-0.25, -0.2) is 19.3 Å². The Morgan fingerprint density at radius 3 is 2.59 bits per heavy atom. The standard InChI is InChI=1S/C23H22FN5OS2/c1-14(2)29-21-19(12-25-23(27-21)31-3)26-20(22(29)30)16-9-10-18(17(24)11-16)28-32-13-15-7-5-4-6-8-15/h4-12,14,28H,13H2,1-3H3. The number of halogens is 1. The monoisotopic (exact) mass is 467 g/mol. The summed E-state index contributed by atoms with van der Waals surface area (Å²) in [5.74, 6) is 0.250. The van der Waals surface area contributed by atoms with Crippen molar-refractivity contribution in [3.05, 3.63) is 76.5 Å². The van der Waals surface area contributed by atoms with E-state index in [1.54, 1.807) is 22.9 Å². The van der Waals surface area contributed by atoms with Crippen molar-refractivity contribution in [2.45, 2.75) is 30.8 Å². The molecule has 0 spiro atoms. The van der Waals surface area contributed by atoms with Crippen LogP contribution in [0.1, 0.15) is 25.5 Å². The van der Waals surface area contributed by atoms with Crippen LogP contribution in [0.4, 0.5) is 10.1 Å². The fourth-order valence-corrected chi connectivity index (χ4v) is 4.36. The highest BCUT2D eigenvalue weighted by atomic mass is 32.2. The van der Waals surface area contributed by atoms with Gasteiger partial charge in [0.25, 0.3) is 5.56 Å². The van der Waals surface area contributed by atoms with Crippen LogP contribution < -0.4 is 10.3 Å². The molecule has 0 bridgehead atoms. The van der Waals surface area contributed by atoms with Crippen LogP contribution in [-0.4, -0.2) is 25.8 Å². The minimum atomic E-state index is -0.450. The maximum Gasteiger partial charge on any atom is 0.278 e. The molecule has 0 radical (unpaired) electrons. The Kier molecular flexibility index (Phi) is 6.76. The van der Waals surface area contributed by atoms with E-state index in [2.05, 4.69) is 19.7 Å². The number of rotatable bonds is 7. The number of nitrogens with one attached hydrogen (secondary N) is 1. The van der Waals surface area contributed by atoms with E-state index >= 15 is 0 Å². The van der Waals surface area contributed by atoms with E-state index in [-0.39, 0.29) is 17.3 Å². The van der Waals surface area contributed by atoms with E-state index < -0.39 is 5.82 Å². The van der Waals surface area contributed by atoms with Gasteiger partial charge in [0, 0.05) is 17.4 Å². The summed E-state index contributed by atoms with van der Waals surface area (Å²) in [6.45, 7) is 3.81. The number of benzene rings is 2. The molecule has 0 fully saturated rings. The number of aromatic nitrogens is 4. The normalized spacial score (nSPS) is 11.3. The van der Waals surface area contributed by atoms with Gasteiger partial charge in [-0.1, -0.05) is 48.2 Å². The largest absolute Gasteiger partial charge is 0.327 e. The average molecular weight is 468 g/mol. The molecule has 4 aromatic rings. The molecule has 164 valence electrons. The average Bonchev–Trinajstić information content (AvgIpc) is 2.79. The number of hydrogen-bond acceptors (Lipinski definition) is 7. The maximum absolute atomic E-state index is 14.8. The maximum atomic E-state index is 14.8. The van der Waals surface area contributed by atoms with Crippen LogP contribution in [0.3, 0.4) is 0 Å². The van der Waals surface area contributed by atoms with Crippen LogP contribution >= 0.6 is 23.7 Å². The fraction of sp³-hybridized carbons (Fsp3) is 0.217. The van der Waals surface area contributed by atoms with Gasteiger partial charge in [-0.05, 0) is 49.7 Å². The van der Waals surface area contributed by atoms with E-state index in [0.29, 0.717) is 33.3 Å². The van der Waals surface area contributed by atoms with Crippen LogP contribution in [0.15, 0.2) is 64.7 Å². The van der Waals surface area contributed by atoms with Gasteiger partial charge >= 0.3 is 0 Å².